The van der Waals surface area contributed by atoms with E-state index in [-0.39, 0.29) is 5.91 Å². The largest absolute Gasteiger partial charge is 0.397 e. The maximum Gasteiger partial charge on any atom is 0.231 e. The first kappa shape index (κ1) is 13.6. The lowest BCUT2D eigenvalue weighted by Gasteiger charge is -2.32. The summed E-state index contributed by atoms with van der Waals surface area (Å²) >= 11 is 0. The third kappa shape index (κ3) is 3.82. The average molecular weight is 263 g/mol. The number of aromatic nitrogens is 1. The molecule has 6 nitrogen and oxygen atoms in total. The zero-order valence-electron chi connectivity index (χ0n) is 11.2. The topological polar surface area (TPSA) is 97.3 Å². The van der Waals surface area contributed by atoms with Crippen LogP contribution in [0.3, 0.4) is 0 Å². The highest BCUT2D eigenvalue weighted by atomic mass is 16.1. The van der Waals surface area contributed by atoms with Crippen LogP contribution in [0.2, 0.25) is 0 Å². The summed E-state index contributed by atoms with van der Waals surface area (Å²) in [7, 11) is 0. The van der Waals surface area contributed by atoms with Crippen LogP contribution < -0.4 is 16.8 Å². The van der Waals surface area contributed by atoms with Gasteiger partial charge in [-0.3, -0.25) is 9.69 Å². The molecule has 1 aliphatic heterocycles. The molecule has 1 aliphatic rings. The van der Waals surface area contributed by atoms with Crippen LogP contribution in [0.25, 0.3) is 0 Å². The number of likely N-dealkylation sites (tertiary alicyclic amines) is 1. The number of carbonyl (C=O) groups is 1. The van der Waals surface area contributed by atoms with E-state index in [9.17, 15) is 4.79 Å². The van der Waals surface area contributed by atoms with Gasteiger partial charge in [-0.25, -0.2) is 4.98 Å². The average Bonchev–Trinajstić information content (AvgIpc) is 2.34. The first-order chi connectivity index (χ1) is 9.04. The first-order valence-corrected chi connectivity index (χ1v) is 6.54. The molecule has 0 aliphatic carbocycles. The second-order valence-electron chi connectivity index (χ2n) is 5.10. The van der Waals surface area contributed by atoms with Gasteiger partial charge in [0, 0.05) is 19.1 Å². The van der Waals surface area contributed by atoms with E-state index in [0.29, 0.717) is 18.3 Å². The van der Waals surface area contributed by atoms with Crippen molar-refractivity contribution in [3.8, 4) is 0 Å². The minimum atomic E-state index is -0.262. The molecule has 0 atom stereocenters. The number of nitrogens with zero attached hydrogens (tertiary/aromatic N) is 2. The van der Waals surface area contributed by atoms with E-state index in [1.54, 1.807) is 6.20 Å². The van der Waals surface area contributed by atoms with Crippen LogP contribution in [-0.4, -0.2) is 41.5 Å². The lowest BCUT2D eigenvalue weighted by molar-refractivity contribution is -0.119. The summed E-state index contributed by atoms with van der Waals surface area (Å²) in [5.41, 5.74) is 12.6. The number of anilines is 2. The summed E-state index contributed by atoms with van der Waals surface area (Å²) in [6.07, 6.45) is 3.63. The van der Waals surface area contributed by atoms with Gasteiger partial charge in [-0.1, -0.05) is 0 Å². The minimum absolute atomic E-state index is 0.262. The molecule has 1 amide bonds. The molecule has 19 heavy (non-hydrogen) atoms. The summed E-state index contributed by atoms with van der Waals surface area (Å²) < 4.78 is 0. The molecule has 1 aromatic heterocycles. The minimum Gasteiger partial charge on any atom is -0.397 e. The number of hydrogen-bond acceptors (Lipinski definition) is 5. The molecule has 0 spiro atoms. The summed E-state index contributed by atoms with van der Waals surface area (Å²) in [5, 5.41) is 3.44. The van der Waals surface area contributed by atoms with Crippen molar-refractivity contribution in [2.45, 2.75) is 25.8 Å². The normalized spacial score (nSPS) is 17.3. The Morgan fingerprint density at radius 2 is 2.21 bits per heavy atom. The van der Waals surface area contributed by atoms with Crippen LogP contribution in [0, 0.1) is 6.92 Å². The molecule has 1 fully saturated rings. The van der Waals surface area contributed by atoms with Gasteiger partial charge < -0.3 is 16.8 Å². The Kier molecular flexibility index (Phi) is 4.21. The number of piperidine rings is 1. The van der Waals surface area contributed by atoms with Gasteiger partial charge in [0.25, 0.3) is 0 Å². The maximum absolute atomic E-state index is 10.9. The van der Waals surface area contributed by atoms with E-state index in [1.165, 1.54) is 0 Å². The monoisotopic (exact) mass is 263 g/mol. The van der Waals surface area contributed by atoms with E-state index in [4.69, 9.17) is 11.5 Å². The van der Waals surface area contributed by atoms with Crippen molar-refractivity contribution in [2.75, 3.05) is 30.7 Å². The smallest absolute Gasteiger partial charge is 0.231 e. The Bertz CT molecular complexity index is 454. The molecule has 2 rings (SSSR count). The molecule has 2 heterocycles. The molecule has 6 heteroatoms. The number of nitrogen functional groups attached to an aromatic ring is 1. The Labute approximate surface area is 113 Å². The van der Waals surface area contributed by atoms with Gasteiger partial charge in [-0.05, 0) is 31.4 Å². The van der Waals surface area contributed by atoms with E-state index < -0.39 is 0 Å². The van der Waals surface area contributed by atoms with Crippen molar-refractivity contribution in [3.05, 3.63) is 17.8 Å². The van der Waals surface area contributed by atoms with Crippen molar-refractivity contribution in [2.24, 2.45) is 5.73 Å². The highest BCUT2D eigenvalue weighted by Crippen LogP contribution is 2.19. The molecular formula is C13H21N5O. The van der Waals surface area contributed by atoms with Crippen molar-refractivity contribution < 1.29 is 4.79 Å². The second-order valence-corrected chi connectivity index (χ2v) is 5.10. The molecular weight excluding hydrogens is 242 g/mol. The molecule has 0 aromatic carbocycles. The van der Waals surface area contributed by atoms with Gasteiger partial charge >= 0.3 is 0 Å². The van der Waals surface area contributed by atoms with Gasteiger partial charge in [-0.2, -0.15) is 0 Å². The molecule has 0 saturated carbocycles. The summed E-state index contributed by atoms with van der Waals surface area (Å²) in [5.74, 6) is 0.630. The third-order valence-electron chi connectivity index (χ3n) is 3.41. The van der Waals surface area contributed by atoms with Gasteiger partial charge in [0.1, 0.15) is 5.82 Å². The maximum atomic E-state index is 10.9. The van der Waals surface area contributed by atoms with Crippen LogP contribution >= 0.6 is 0 Å². The Morgan fingerprint density at radius 1 is 1.53 bits per heavy atom. The number of hydrogen-bond donors (Lipinski definition) is 3. The molecule has 104 valence electrons. The van der Waals surface area contributed by atoms with Gasteiger partial charge in [0.15, 0.2) is 0 Å². The van der Waals surface area contributed by atoms with Gasteiger partial charge in [-0.15, -0.1) is 0 Å². The molecule has 1 saturated heterocycles. The van der Waals surface area contributed by atoms with Crippen LogP contribution in [0.15, 0.2) is 12.3 Å². The van der Waals surface area contributed by atoms with Crippen molar-refractivity contribution in [3.63, 3.8) is 0 Å². The predicted octanol–water partition coefficient (Wildman–Crippen LogP) is 0.334. The quantitative estimate of drug-likeness (QED) is 0.727. The fourth-order valence-corrected chi connectivity index (χ4v) is 2.40. The van der Waals surface area contributed by atoms with Gasteiger partial charge in [0.2, 0.25) is 5.91 Å². The summed E-state index contributed by atoms with van der Waals surface area (Å²) in [4.78, 5) is 17.3. The fraction of sp³-hybridized carbons (Fsp3) is 0.538. The van der Waals surface area contributed by atoms with Crippen LogP contribution in [0.4, 0.5) is 11.5 Å². The lowest BCUT2D eigenvalue weighted by atomic mass is 10.0. The summed E-state index contributed by atoms with van der Waals surface area (Å²) in [6.45, 7) is 4.11. The number of pyridine rings is 1. The van der Waals surface area contributed by atoms with E-state index in [0.717, 1.165) is 37.3 Å². The highest BCUT2D eigenvalue weighted by Gasteiger charge is 2.20. The molecule has 5 N–H and O–H groups in total. The van der Waals surface area contributed by atoms with E-state index >= 15 is 0 Å². The first-order valence-electron chi connectivity index (χ1n) is 6.54. The predicted molar refractivity (Wildman–Crippen MR) is 75.7 cm³/mol. The van der Waals surface area contributed by atoms with Gasteiger partial charge in [0.05, 0.1) is 18.4 Å². The number of nitrogens with one attached hydrogen (secondary N) is 1. The van der Waals surface area contributed by atoms with Crippen molar-refractivity contribution in [1.29, 1.82) is 0 Å². The van der Waals surface area contributed by atoms with Crippen LogP contribution in [0.5, 0.6) is 0 Å². The SMILES string of the molecule is Cc1cc(N)cnc1NC1CCN(CC(N)=O)CC1. The number of nitrogens with two attached hydrogens (primary N) is 2. The Hall–Kier alpha value is -1.82. The zero-order valence-corrected chi connectivity index (χ0v) is 11.2. The number of rotatable bonds is 4. The van der Waals surface area contributed by atoms with E-state index in [2.05, 4.69) is 15.2 Å². The molecule has 0 bridgehead atoms. The summed E-state index contributed by atoms with van der Waals surface area (Å²) in [6, 6.07) is 2.30. The standard InChI is InChI=1S/C13H21N5O/c1-9-6-10(14)7-16-13(9)17-11-2-4-18(5-3-11)8-12(15)19/h6-7,11H,2-5,8,14H2,1H3,(H2,15,19)(H,16,17). The van der Waals surface area contributed by atoms with Crippen molar-refractivity contribution in [1.82, 2.24) is 9.88 Å². The second kappa shape index (κ2) is 5.88. The number of aryl methyl sites for hydroxylation is 1. The highest BCUT2D eigenvalue weighted by molar-refractivity contribution is 5.75. The Balaban J connectivity index is 1.87. The third-order valence-corrected chi connectivity index (χ3v) is 3.41. The number of primary amides is 1. The zero-order chi connectivity index (χ0) is 13.8. The molecule has 1 aromatic rings. The fourth-order valence-electron chi connectivity index (χ4n) is 2.40. The van der Waals surface area contributed by atoms with Crippen molar-refractivity contribution >= 4 is 17.4 Å². The number of carbonyl (C=O) groups excluding carboxylic acids is 1. The molecule has 0 unspecified atom stereocenters. The van der Waals surface area contributed by atoms with E-state index in [1.807, 2.05) is 13.0 Å². The van der Waals surface area contributed by atoms with Crippen LogP contribution in [-0.2, 0) is 4.79 Å². The lowest BCUT2D eigenvalue weighted by Crippen LogP contribution is -2.43. The molecule has 0 radical (unpaired) electrons. The van der Waals surface area contributed by atoms with Crippen LogP contribution in [0.1, 0.15) is 18.4 Å². The Morgan fingerprint density at radius 3 is 2.79 bits per heavy atom. The number of amides is 1.